The van der Waals surface area contributed by atoms with E-state index in [0.717, 1.165) is 6.42 Å². The van der Waals surface area contributed by atoms with Crippen molar-refractivity contribution in [2.75, 3.05) is 6.61 Å². The quantitative estimate of drug-likeness (QED) is 0.503. The lowest BCUT2D eigenvalue weighted by Gasteiger charge is -2.17. The smallest absolute Gasteiger partial charge is 0.335 e. The van der Waals surface area contributed by atoms with Crippen LogP contribution in [0.2, 0.25) is 0 Å². The average Bonchev–Trinajstić information content (AvgIpc) is 2.29. The van der Waals surface area contributed by atoms with Crippen molar-refractivity contribution in [3.63, 3.8) is 0 Å². The standard InChI is InChI=1S/C11H18O3/c1-4-13-11(12)10-7-8(2)5-6-9(3)14-10/h5,9-10H,4,6-7H2,1-3H3/t9-,10-/m0/s1. The van der Waals surface area contributed by atoms with E-state index < -0.39 is 6.10 Å². The predicted molar refractivity (Wildman–Crippen MR) is 54.0 cm³/mol. The Morgan fingerprint density at radius 3 is 3.07 bits per heavy atom. The van der Waals surface area contributed by atoms with E-state index in [0.29, 0.717) is 13.0 Å². The Kier molecular flexibility index (Phi) is 4.14. The van der Waals surface area contributed by atoms with Gasteiger partial charge >= 0.3 is 5.97 Å². The van der Waals surface area contributed by atoms with Gasteiger partial charge in [0.25, 0.3) is 0 Å². The SMILES string of the molecule is CCOC(=O)[C@@H]1CC(C)=CC[C@H](C)O1. The summed E-state index contributed by atoms with van der Waals surface area (Å²) in [6.07, 6.45) is 3.35. The molecule has 0 spiro atoms. The maximum atomic E-state index is 11.5. The fourth-order valence-electron chi connectivity index (χ4n) is 1.50. The Balaban J connectivity index is 2.59. The molecule has 0 aromatic carbocycles. The van der Waals surface area contributed by atoms with Gasteiger partial charge in [0.15, 0.2) is 6.10 Å². The van der Waals surface area contributed by atoms with Gasteiger partial charge in [-0.1, -0.05) is 11.6 Å². The van der Waals surface area contributed by atoms with Crippen LogP contribution in [0, 0.1) is 0 Å². The Bertz CT molecular complexity index is 233. The van der Waals surface area contributed by atoms with E-state index in [4.69, 9.17) is 9.47 Å². The van der Waals surface area contributed by atoms with E-state index in [1.165, 1.54) is 5.57 Å². The Hall–Kier alpha value is -0.830. The van der Waals surface area contributed by atoms with Crippen molar-refractivity contribution in [3.05, 3.63) is 11.6 Å². The molecule has 0 radical (unpaired) electrons. The number of carbonyl (C=O) groups excluding carboxylic acids is 1. The van der Waals surface area contributed by atoms with Crippen molar-refractivity contribution in [2.45, 2.75) is 45.8 Å². The van der Waals surface area contributed by atoms with E-state index >= 15 is 0 Å². The first kappa shape index (κ1) is 11.2. The summed E-state index contributed by atoms with van der Waals surface area (Å²) in [5.74, 6) is -0.242. The highest BCUT2D eigenvalue weighted by Gasteiger charge is 2.24. The molecule has 1 aliphatic heterocycles. The zero-order chi connectivity index (χ0) is 10.6. The van der Waals surface area contributed by atoms with Gasteiger partial charge < -0.3 is 9.47 Å². The van der Waals surface area contributed by atoms with Gasteiger partial charge in [0, 0.05) is 6.42 Å². The number of carbonyl (C=O) groups is 1. The molecule has 0 N–H and O–H groups in total. The minimum atomic E-state index is -0.413. The second-order valence-electron chi connectivity index (χ2n) is 3.68. The Morgan fingerprint density at radius 1 is 1.71 bits per heavy atom. The fourth-order valence-corrected chi connectivity index (χ4v) is 1.50. The second kappa shape index (κ2) is 5.15. The molecular formula is C11H18O3. The molecule has 0 saturated carbocycles. The number of esters is 1. The first-order valence-electron chi connectivity index (χ1n) is 5.11. The monoisotopic (exact) mass is 198 g/mol. The minimum Gasteiger partial charge on any atom is -0.464 e. The lowest BCUT2D eigenvalue weighted by atomic mass is 10.1. The molecule has 0 saturated heterocycles. The summed E-state index contributed by atoms with van der Waals surface area (Å²) in [5.41, 5.74) is 1.20. The van der Waals surface area contributed by atoms with E-state index in [9.17, 15) is 4.79 Å². The summed E-state index contributed by atoms with van der Waals surface area (Å²) >= 11 is 0. The molecule has 3 nitrogen and oxygen atoms in total. The first-order chi connectivity index (χ1) is 6.63. The largest absolute Gasteiger partial charge is 0.464 e. The normalized spacial score (nSPS) is 27.8. The van der Waals surface area contributed by atoms with Crippen LogP contribution < -0.4 is 0 Å². The Morgan fingerprint density at radius 2 is 2.43 bits per heavy atom. The zero-order valence-corrected chi connectivity index (χ0v) is 9.08. The highest BCUT2D eigenvalue weighted by atomic mass is 16.6. The zero-order valence-electron chi connectivity index (χ0n) is 9.08. The molecule has 0 bridgehead atoms. The van der Waals surface area contributed by atoms with Gasteiger partial charge in [-0.2, -0.15) is 0 Å². The molecule has 3 heteroatoms. The number of hydrogen-bond acceptors (Lipinski definition) is 3. The molecular weight excluding hydrogens is 180 g/mol. The molecule has 0 aliphatic carbocycles. The second-order valence-corrected chi connectivity index (χ2v) is 3.68. The van der Waals surface area contributed by atoms with Crippen LogP contribution in [0.5, 0.6) is 0 Å². The van der Waals surface area contributed by atoms with Gasteiger partial charge in [-0.25, -0.2) is 4.79 Å². The summed E-state index contributed by atoms with van der Waals surface area (Å²) in [7, 11) is 0. The summed E-state index contributed by atoms with van der Waals surface area (Å²) < 4.78 is 10.5. The van der Waals surface area contributed by atoms with Crippen LogP contribution in [0.25, 0.3) is 0 Å². The first-order valence-corrected chi connectivity index (χ1v) is 5.11. The van der Waals surface area contributed by atoms with Crippen LogP contribution in [0.1, 0.15) is 33.6 Å². The van der Waals surface area contributed by atoms with Gasteiger partial charge in [0.2, 0.25) is 0 Å². The third-order valence-corrected chi connectivity index (χ3v) is 2.25. The van der Waals surface area contributed by atoms with Gasteiger partial charge in [0.1, 0.15) is 0 Å². The molecule has 0 amide bonds. The highest BCUT2D eigenvalue weighted by molar-refractivity contribution is 5.75. The summed E-state index contributed by atoms with van der Waals surface area (Å²) in [6, 6.07) is 0. The van der Waals surface area contributed by atoms with E-state index in [1.54, 1.807) is 6.92 Å². The fraction of sp³-hybridized carbons (Fsp3) is 0.727. The number of ether oxygens (including phenoxy) is 2. The van der Waals surface area contributed by atoms with Crippen LogP contribution in [-0.4, -0.2) is 24.8 Å². The number of rotatable bonds is 2. The van der Waals surface area contributed by atoms with Gasteiger partial charge in [-0.3, -0.25) is 0 Å². The van der Waals surface area contributed by atoms with Crippen LogP contribution in [-0.2, 0) is 14.3 Å². The lowest BCUT2D eigenvalue weighted by Crippen LogP contribution is -2.29. The molecule has 80 valence electrons. The van der Waals surface area contributed by atoms with Gasteiger partial charge in [-0.05, 0) is 27.2 Å². The minimum absolute atomic E-state index is 0.0989. The van der Waals surface area contributed by atoms with Gasteiger partial charge in [0.05, 0.1) is 12.7 Å². The third kappa shape index (κ3) is 3.14. The van der Waals surface area contributed by atoms with E-state index in [1.807, 2.05) is 13.8 Å². The Labute approximate surface area is 85.1 Å². The van der Waals surface area contributed by atoms with Crippen molar-refractivity contribution in [1.29, 1.82) is 0 Å². The topological polar surface area (TPSA) is 35.5 Å². The molecule has 0 unspecified atom stereocenters. The molecule has 2 atom stereocenters. The number of hydrogen-bond donors (Lipinski definition) is 0. The van der Waals surface area contributed by atoms with E-state index in [2.05, 4.69) is 6.08 Å². The third-order valence-electron chi connectivity index (χ3n) is 2.25. The van der Waals surface area contributed by atoms with Crippen LogP contribution in [0.4, 0.5) is 0 Å². The van der Waals surface area contributed by atoms with Crippen molar-refractivity contribution >= 4 is 5.97 Å². The highest BCUT2D eigenvalue weighted by Crippen LogP contribution is 2.19. The molecule has 14 heavy (non-hydrogen) atoms. The van der Waals surface area contributed by atoms with Crippen molar-refractivity contribution in [1.82, 2.24) is 0 Å². The van der Waals surface area contributed by atoms with Crippen LogP contribution >= 0.6 is 0 Å². The molecule has 1 heterocycles. The predicted octanol–water partition coefficient (Wildman–Crippen LogP) is 2.06. The maximum Gasteiger partial charge on any atom is 0.335 e. The van der Waals surface area contributed by atoms with Crippen LogP contribution in [0.15, 0.2) is 11.6 Å². The van der Waals surface area contributed by atoms with Crippen molar-refractivity contribution < 1.29 is 14.3 Å². The maximum absolute atomic E-state index is 11.5. The summed E-state index contributed by atoms with van der Waals surface area (Å²) in [6.45, 7) is 6.21. The summed E-state index contributed by atoms with van der Waals surface area (Å²) in [4.78, 5) is 11.5. The van der Waals surface area contributed by atoms with Crippen molar-refractivity contribution in [3.8, 4) is 0 Å². The average molecular weight is 198 g/mol. The van der Waals surface area contributed by atoms with Gasteiger partial charge in [-0.15, -0.1) is 0 Å². The van der Waals surface area contributed by atoms with E-state index in [-0.39, 0.29) is 12.1 Å². The van der Waals surface area contributed by atoms with Crippen molar-refractivity contribution in [2.24, 2.45) is 0 Å². The molecule has 1 rings (SSSR count). The molecule has 0 aromatic heterocycles. The molecule has 0 aromatic rings. The molecule has 1 aliphatic rings. The summed E-state index contributed by atoms with van der Waals surface area (Å²) in [5, 5.41) is 0. The molecule has 0 fully saturated rings. The lowest BCUT2D eigenvalue weighted by molar-refractivity contribution is -0.159. The van der Waals surface area contributed by atoms with Crippen LogP contribution in [0.3, 0.4) is 0 Å².